The average molecular weight is 719 g/mol. The van der Waals surface area contributed by atoms with Crippen LogP contribution in [0.15, 0.2) is 193 Å². The van der Waals surface area contributed by atoms with E-state index in [1.54, 1.807) is 0 Å². The maximum Gasteiger partial charge on any atom is 0.157 e. The van der Waals surface area contributed by atoms with E-state index in [4.69, 9.17) is 9.73 Å². The highest BCUT2D eigenvalue weighted by molar-refractivity contribution is 6.08. The van der Waals surface area contributed by atoms with E-state index < -0.39 is 0 Å². The van der Waals surface area contributed by atoms with E-state index in [0.29, 0.717) is 0 Å². The van der Waals surface area contributed by atoms with Gasteiger partial charge in [-0.3, -0.25) is 0 Å². The molecule has 2 aliphatic heterocycles. The van der Waals surface area contributed by atoms with Gasteiger partial charge in [0.05, 0.1) is 0 Å². The Labute approximate surface area is 327 Å². The lowest BCUT2D eigenvalue weighted by molar-refractivity contribution is 0.420. The zero-order chi connectivity index (χ0) is 37.4. The summed E-state index contributed by atoms with van der Waals surface area (Å²) in [7, 11) is 0. The smallest absolute Gasteiger partial charge is 0.157 e. The lowest BCUT2D eigenvalue weighted by atomic mass is 9.80. The number of fused-ring (bicyclic) bond motifs is 7. The molecule has 8 aromatic rings. The van der Waals surface area contributed by atoms with E-state index in [2.05, 4.69) is 171 Å². The molecule has 1 unspecified atom stereocenters. The van der Waals surface area contributed by atoms with E-state index in [1.807, 2.05) is 30.3 Å². The third-order valence-electron chi connectivity index (χ3n) is 12.0. The van der Waals surface area contributed by atoms with Crippen LogP contribution in [0.25, 0.3) is 61.0 Å². The third kappa shape index (κ3) is 5.08. The molecule has 56 heavy (non-hydrogen) atoms. The Balaban J connectivity index is 0.905. The molecule has 11 rings (SSSR count). The maximum atomic E-state index is 6.37. The summed E-state index contributed by atoms with van der Waals surface area (Å²) in [4.78, 5) is 5.14. The number of nitrogens with zero attached hydrogens (tertiary/aromatic N) is 1. The second kappa shape index (κ2) is 12.5. The van der Waals surface area contributed by atoms with Gasteiger partial charge in [0.2, 0.25) is 0 Å². The summed E-state index contributed by atoms with van der Waals surface area (Å²) < 4.78 is 6.37. The molecule has 0 saturated carbocycles. The molecule has 0 radical (unpaired) electrons. The van der Waals surface area contributed by atoms with Crippen molar-refractivity contribution in [1.82, 2.24) is 5.32 Å². The van der Waals surface area contributed by atoms with Gasteiger partial charge in [-0.1, -0.05) is 178 Å². The van der Waals surface area contributed by atoms with Crippen molar-refractivity contribution in [2.24, 2.45) is 4.99 Å². The Kier molecular flexibility index (Phi) is 7.27. The number of para-hydroxylation sites is 1. The third-order valence-corrected chi connectivity index (χ3v) is 12.0. The van der Waals surface area contributed by atoms with Gasteiger partial charge < -0.3 is 10.1 Å². The Morgan fingerprint density at radius 3 is 1.82 bits per heavy atom. The van der Waals surface area contributed by atoms with Crippen LogP contribution in [-0.2, 0) is 5.41 Å². The van der Waals surface area contributed by atoms with Gasteiger partial charge in [0.1, 0.15) is 23.3 Å². The number of amidine groups is 1. The second-order valence-electron chi connectivity index (χ2n) is 15.6. The molecule has 3 aliphatic rings. The van der Waals surface area contributed by atoms with Gasteiger partial charge in [0.25, 0.3) is 0 Å². The molecule has 1 N–H and O–H groups in total. The fraction of sp³-hybridized carbons (Fsp3) is 0.0755. The fourth-order valence-corrected chi connectivity index (χ4v) is 9.05. The lowest BCUT2D eigenvalue weighted by Gasteiger charge is -2.24. The summed E-state index contributed by atoms with van der Waals surface area (Å²) in [5.74, 6) is 2.56. The van der Waals surface area contributed by atoms with E-state index in [0.717, 1.165) is 45.3 Å². The first kappa shape index (κ1) is 32.5. The standard InChI is InChI=1S/C53H38N2O/c1-53(2)44-31-39(29-30-42(44)48-45(53)32-40-17-9-10-18-41(40)47(48)36-13-5-3-6-14-36)35-23-21-33(22-24-35)34-25-27-38(28-26-34)52-54-49(37-15-7-4-8-16-37)51-50(55-52)43-19-11-12-20-46(43)56-51/h3-32,50H,1-2H3,(H,54,55). The molecule has 0 fully saturated rings. The van der Waals surface area contributed by atoms with Gasteiger partial charge in [-0.15, -0.1) is 0 Å². The minimum atomic E-state index is -0.138. The minimum Gasteiger partial charge on any atom is -0.456 e. The highest BCUT2D eigenvalue weighted by Gasteiger charge is 2.39. The molecule has 1 atom stereocenters. The van der Waals surface area contributed by atoms with Crippen molar-refractivity contribution in [3.63, 3.8) is 0 Å². The first-order chi connectivity index (χ1) is 27.5. The fourth-order valence-electron chi connectivity index (χ4n) is 9.05. The van der Waals surface area contributed by atoms with Crippen LogP contribution in [0.1, 0.15) is 47.7 Å². The normalized spacial score (nSPS) is 16.0. The Hall–Kier alpha value is -6.97. The van der Waals surface area contributed by atoms with Crippen molar-refractivity contribution in [2.45, 2.75) is 25.3 Å². The molecule has 0 saturated heterocycles. The number of benzene rings is 8. The van der Waals surface area contributed by atoms with Gasteiger partial charge in [-0.2, -0.15) is 0 Å². The first-order valence-electron chi connectivity index (χ1n) is 19.4. The number of rotatable bonds is 5. The number of hydrogen-bond donors (Lipinski definition) is 1. The van der Waals surface area contributed by atoms with Crippen LogP contribution in [0.5, 0.6) is 5.75 Å². The van der Waals surface area contributed by atoms with Crippen LogP contribution in [0, 0.1) is 0 Å². The van der Waals surface area contributed by atoms with Crippen LogP contribution >= 0.6 is 0 Å². The lowest BCUT2D eigenvalue weighted by Crippen LogP contribution is -2.33. The van der Waals surface area contributed by atoms with Gasteiger partial charge >= 0.3 is 0 Å². The summed E-state index contributed by atoms with van der Waals surface area (Å²) in [5, 5.41) is 6.28. The van der Waals surface area contributed by atoms with Crippen LogP contribution in [0.3, 0.4) is 0 Å². The quantitative estimate of drug-likeness (QED) is 0.192. The van der Waals surface area contributed by atoms with E-state index >= 15 is 0 Å². The van der Waals surface area contributed by atoms with Crippen LogP contribution < -0.4 is 10.1 Å². The molecule has 0 aromatic heterocycles. The second-order valence-corrected chi connectivity index (χ2v) is 15.6. The van der Waals surface area contributed by atoms with E-state index in [1.165, 1.54) is 60.8 Å². The zero-order valence-electron chi connectivity index (χ0n) is 31.3. The Morgan fingerprint density at radius 1 is 0.500 bits per heavy atom. The van der Waals surface area contributed by atoms with Gasteiger partial charge in [0.15, 0.2) is 5.76 Å². The number of hydrogen-bond acceptors (Lipinski definition) is 3. The molecule has 2 heterocycles. The molecule has 8 aromatic carbocycles. The SMILES string of the molecule is CC1(C)c2cc(-c3ccc(-c4ccc(C5=NC(c6ccccc6)=C6Oc7ccccc7C6N5)cc4)cc3)ccc2-c2c1cc1ccccc1c2-c1ccccc1. The average Bonchev–Trinajstić information content (AvgIpc) is 3.74. The summed E-state index contributed by atoms with van der Waals surface area (Å²) >= 11 is 0. The van der Waals surface area contributed by atoms with Gasteiger partial charge in [-0.05, 0) is 84.6 Å². The Bertz CT molecular complexity index is 2900. The van der Waals surface area contributed by atoms with E-state index in [-0.39, 0.29) is 11.5 Å². The van der Waals surface area contributed by atoms with Crippen LogP contribution in [0.4, 0.5) is 0 Å². The van der Waals surface area contributed by atoms with Crippen molar-refractivity contribution in [1.29, 1.82) is 0 Å². The summed E-state index contributed by atoms with van der Waals surface area (Å²) in [6, 6.07) is 65.4. The molecule has 0 spiro atoms. The first-order valence-corrected chi connectivity index (χ1v) is 19.4. The highest BCUT2D eigenvalue weighted by atomic mass is 16.5. The van der Waals surface area contributed by atoms with Gasteiger partial charge in [-0.25, -0.2) is 4.99 Å². The van der Waals surface area contributed by atoms with Crippen LogP contribution in [0.2, 0.25) is 0 Å². The van der Waals surface area contributed by atoms with E-state index in [9.17, 15) is 0 Å². The molecular formula is C53H38N2O. The van der Waals surface area contributed by atoms with Crippen molar-refractivity contribution < 1.29 is 4.74 Å². The van der Waals surface area contributed by atoms with Crippen molar-refractivity contribution in [3.8, 4) is 50.3 Å². The summed E-state index contributed by atoms with van der Waals surface area (Å²) in [6.07, 6.45) is 0. The zero-order valence-corrected chi connectivity index (χ0v) is 31.3. The van der Waals surface area contributed by atoms with Crippen molar-refractivity contribution in [3.05, 3.63) is 216 Å². The molecule has 1 aliphatic carbocycles. The highest BCUT2D eigenvalue weighted by Crippen LogP contribution is 2.55. The number of aliphatic imine (C=N–C) groups is 1. The molecular weight excluding hydrogens is 681 g/mol. The largest absolute Gasteiger partial charge is 0.456 e. The van der Waals surface area contributed by atoms with Crippen molar-refractivity contribution >= 4 is 22.3 Å². The summed E-state index contributed by atoms with van der Waals surface area (Å²) in [6.45, 7) is 4.76. The molecule has 3 nitrogen and oxygen atoms in total. The predicted molar refractivity (Wildman–Crippen MR) is 231 cm³/mol. The predicted octanol–water partition coefficient (Wildman–Crippen LogP) is 13.0. The minimum absolute atomic E-state index is 0.0920. The Morgan fingerprint density at radius 2 is 1.09 bits per heavy atom. The molecule has 0 amide bonds. The topological polar surface area (TPSA) is 33.6 Å². The van der Waals surface area contributed by atoms with Gasteiger partial charge in [0, 0.05) is 22.1 Å². The number of nitrogens with one attached hydrogen (secondary N) is 1. The molecule has 0 bridgehead atoms. The summed E-state index contributed by atoms with van der Waals surface area (Å²) in [5.41, 5.74) is 16.8. The number of ether oxygens (including phenoxy) is 1. The molecule has 3 heteroatoms. The maximum absolute atomic E-state index is 6.37. The molecule has 266 valence electrons. The van der Waals surface area contributed by atoms with Crippen molar-refractivity contribution in [2.75, 3.05) is 0 Å². The monoisotopic (exact) mass is 718 g/mol. The van der Waals surface area contributed by atoms with Crippen LogP contribution in [-0.4, -0.2) is 5.84 Å².